The number of carbonyl (C=O) groups is 1. The Morgan fingerprint density at radius 1 is 1.36 bits per heavy atom. The van der Waals surface area contributed by atoms with Crippen LogP contribution in [0.3, 0.4) is 0 Å². The number of rotatable bonds is 4. The van der Waals surface area contributed by atoms with Gasteiger partial charge in [-0.2, -0.15) is 0 Å². The Hall–Kier alpha value is -1.82. The normalized spacial score (nSPS) is 18.2. The van der Waals surface area contributed by atoms with Gasteiger partial charge in [-0.05, 0) is 30.7 Å². The van der Waals surface area contributed by atoms with Gasteiger partial charge < -0.3 is 15.0 Å². The Labute approximate surface area is 158 Å². The number of hydrogen-bond acceptors (Lipinski definition) is 4. The van der Waals surface area contributed by atoms with Crippen molar-refractivity contribution in [2.45, 2.75) is 19.1 Å². The lowest BCUT2D eigenvalue weighted by molar-refractivity contribution is -0.141. The maximum Gasteiger partial charge on any atom is 0.263 e. The number of para-hydroxylation sites is 1. The molecule has 3 rings (SSSR count). The van der Waals surface area contributed by atoms with E-state index in [1.165, 1.54) is 0 Å². The number of halogens is 2. The van der Waals surface area contributed by atoms with E-state index < -0.39 is 6.10 Å². The molecule has 1 aromatic carbocycles. The van der Waals surface area contributed by atoms with Crippen molar-refractivity contribution in [1.82, 2.24) is 15.2 Å². The molecule has 7 heteroatoms. The van der Waals surface area contributed by atoms with Crippen LogP contribution in [0, 0.1) is 0 Å². The van der Waals surface area contributed by atoms with Gasteiger partial charge in [0.15, 0.2) is 6.10 Å². The van der Waals surface area contributed by atoms with E-state index in [9.17, 15) is 4.79 Å². The van der Waals surface area contributed by atoms with E-state index in [-0.39, 0.29) is 24.4 Å². The first kappa shape index (κ1) is 19.5. The third-order valence-corrected chi connectivity index (χ3v) is 4.40. The van der Waals surface area contributed by atoms with Gasteiger partial charge in [0, 0.05) is 32.0 Å². The summed E-state index contributed by atoms with van der Waals surface area (Å²) < 4.78 is 5.79. The maximum absolute atomic E-state index is 12.9. The second kappa shape index (κ2) is 9.04. The molecule has 1 N–H and O–H groups in total. The molecule has 0 aliphatic carbocycles. The third kappa shape index (κ3) is 4.63. The van der Waals surface area contributed by atoms with Crippen molar-refractivity contribution in [2.24, 2.45) is 0 Å². The van der Waals surface area contributed by atoms with E-state index in [2.05, 4.69) is 10.3 Å². The summed E-state index contributed by atoms with van der Waals surface area (Å²) in [4.78, 5) is 18.9. The first-order valence-electron chi connectivity index (χ1n) is 7.99. The molecule has 1 aliphatic heterocycles. The van der Waals surface area contributed by atoms with Crippen LogP contribution in [0.5, 0.6) is 5.75 Å². The van der Waals surface area contributed by atoms with Crippen molar-refractivity contribution < 1.29 is 9.53 Å². The van der Waals surface area contributed by atoms with Crippen LogP contribution in [-0.2, 0) is 4.79 Å². The molecule has 1 amide bonds. The molecule has 0 saturated carbocycles. The van der Waals surface area contributed by atoms with Gasteiger partial charge >= 0.3 is 0 Å². The van der Waals surface area contributed by atoms with E-state index in [0.29, 0.717) is 23.9 Å². The molecule has 134 valence electrons. The molecule has 2 heterocycles. The number of aromatic nitrogens is 1. The SMILES string of the molecule is CC(Oc1ccccc1Cl)C(=O)N1CCNCC1c1cccnc1.Cl. The van der Waals surface area contributed by atoms with Crippen LogP contribution in [0.25, 0.3) is 0 Å². The topological polar surface area (TPSA) is 54.5 Å². The first-order valence-corrected chi connectivity index (χ1v) is 8.37. The second-order valence-electron chi connectivity index (χ2n) is 5.73. The molecule has 0 bridgehead atoms. The van der Waals surface area contributed by atoms with Crippen LogP contribution in [0.4, 0.5) is 0 Å². The van der Waals surface area contributed by atoms with E-state index in [1.54, 1.807) is 31.5 Å². The highest BCUT2D eigenvalue weighted by atomic mass is 35.5. The predicted octanol–water partition coefficient (Wildman–Crippen LogP) is 3.10. The van der Waals surface area contributed by atoms with Gasteiger partial charge in [0.2, 0.25) is 0 Å². The van der Waals surface area contributed by atoms with Crippen molar-refractivity contribution in [3.63, 3.8) is 0 Å². The van der Waals surface area contributed by atoms with Gasteiger partial charge in [0.1, 0.15) is 5.75 Å². The van der Waals surface area contributed by atoms with E-state index in [1.807, 2.05) is 29.2 Å². The lowest BCUT2D eigenvalue weighted by Crippen LogP contribution is -2.52. The molecule has 25 heavy (non-hydrogen) atoms. The number of nitrogens with zero attached hydrogens (tertiary/aromatic N) is 2. The molecule has 2 aromatic rings. The minimum Gasteiger partial charge on any atom is -0.479 e. The van der Waals surface area contributed by atoms with Crippen LogP contribution >= 0.6 is 24.0 Å². The highest BCUT2D eigenvalue weighted by molar-refractivity contribution is 6.32. The molecular formula is C18H21Cl2N3O2. The molecule has 2 atom stereocenters. The Kier molecular flexibility index (Phi) is 7.05. The molecule has 5 nitrogen and oxygen atoms in total. The van der Waals surface area contributed by atoms with Gasteiger partial charge in [-0.3, -0.25) is 9.78 Å². The largest absolute Gasteiger partial charge is 0.479 e. The monoisotopic (exact) mass is 381 g/mol. The standard InChI is InChI=1S/C18H20ClN3O2.ClH/c1-13(24-17-7-3-2-6-15(17)19)18(23)22-10-9-21-12-16(22)14-5-4-8-20-11-14;/h2-8,11,13,16,21H,9-10,12H2,1H3;1H. The maximum atomic E-state index is 12.9. The van der Waals surface area contributed by atoms with Crippen molar-refractivity contribution >= 4 is 29.9 Å². The molecule has 1 aliphatic rings. The fraction of sp³-hybridized carbons (Fsp3) is 0.333. The summed E-state index contributed by atoms with van der Waals surface area (Å²) in [6.07, 6.45) is 2.93. The predicted molar refractivity (Wildman–Crippen MR) is 100 cm³/mol. The van der Waals surface area contributed by atoms with Crippen molar-refractivity contribution in [2.75, 3.05) is 19.6 Å². The van der Waals surface area contributed by atoms with Gasteiger partial charge in [-0.25, -0.2) is 0 Å². The third-order valence-electron chi connectivity index (χ3n) is 4.08. The number of nitrogens with one attached hydrogen (secondary N) is 1. The molecule has 2 unspecified atom stereocenters. The van der Waals surface area contributed by atoms with E-state index in [4.69, 9.17) is 16.3 Å². The van der Waals surface area contributed by atoms with E-state index in [0.717, 1.165) is 12.1 Å². The molecule has 1 aromatic heterocycles. The number of pyridine rings is 1. The second-order valence-corrected chi connectivity index (χ2v) is 6.14. The summed E-state index contributed by atoms with van der Waals surface area (Å²) in [6.45, 7) is 3.86. The van der Waals surface area contributed by atoms with Crippen LogP contribution in [0.1, 0.15) is 18.5 Å². The minimum absolute atomic E-state index is 0. The zero-order valence-electron chi connectivity index (χ0n) is 13.9. The van der Waals surface area contributed by atoms with Crippen molar-refractivity contribution in [1.29, 1.82) is 0 Å². The lowest BCUT2D eigenvalue weighted by Gasteiger charge is -2.37. The number of carbonyl (C=O) groups excluding carboxylic acids is 1. The zero-order chi connectivity index (χ0) is 16.9. The summed E-state index contributed by atoms with van der Waals surface area (Å²) in [5.74, 6) is 0.471. The smallest absolute Gasteiger partial charge is 0.263 e. The Morgan fingerprint density at radius 2 is 2.16 bits per heavy atom. The molecule has 1 fully saturated rings. The Balaban J connectivity index is 0.00000225. The van der Waals surface area contributed by atoms with E-state index >= 15 is 0 Å². The molecule has 0 radical (unpaired) electrons. The highest BCUT2D eigenvalue weighted by Crippen LogP contribution is 2.26. The van der Waals surface area contributed by atoms with Crippen LogP contribution in [0.2, 0.25) is 5.02 Å². The zero-order valence-corrected chi connectivity index (χ0v) is 15.5. The summed E-state index contributed by atoms with van der Waals surface area (Å²) in [6, 6.07) is 11.0. The summed E-state index contributed by atoms with van der Waals surface area (Å²) in [7, 11) is 0. The van der Waals surface area contributed by atoms with Crippen LogP contribution in [-0.4, -0.2) is 41.5 Å². The van der Waals surface area contributed by atoms with Gasteiger partial charge in [-0.15, -0.1) is 12.4 Å². The summed E-state index contributed by atoms with van der Waals surface area (Å²) in [5, 5.41) is 3.83. The van der Waals surface area contributed by atoms with Crippen LogP contribution < -0.4 is 10.1 Å². The number of hydrogen-bond donors (Lipinski definition) is 1. The van der Waals surface area contributed by atoms with Crippen molar-refractivity contribution in [3.8, 4) is 5.75 Å². The summed E-state index contributed by atoms with van der Waals surface area (Å²) >= 11 is 6.12. The summed E-state index contributed by atoms with van der Waals surface area (Å²) in [5.41, 5.74) is 1.02. The highest BCUT2D eigenvalue weighted by Gasteiger charge is 2.31. The minimum atomic E-state index is -0.609. The Bertz CT molecular complexity index is 700. The van der Waals surface area contributed by atoms with Gasteiger partial charge in [-0.1, -0.05) is 29.8 Å². The fourth-order valence-corrected chi connectivity index (χ4v) is 3.03. The van der Waals surface area contributed by atoms with Gasteiger partial charge in [0.25, 0.3) is 5.91 Å². The number of benzene rings is 1. The van der Waals surface area contributed by atoms with Gasteiger partial charge in [0.05, 0.1) is 11.1 Å². The molecular weight excluding hydrogens is 361 g/mol. The number of piperazine rings is 1. The molecule has 1 saturated heterocycles. The lowest BCUT2D eigenvalue weighted by atomic mass is 10.0. The van der Waals surface area contributed by atoms with Crippen molar-refractivity contribution in [3.05, 3.63) is 59.4 Å². The number of amides is 1. The average molecular weight is 382 g/mol. The fourth-order valence-electron chi connectivity index (χ4n) is 2.85. The Morgan fingerprint density at radius 3 is 2.88 bits per heavy atom. The number of ether oxygens (including phenoxy) is 1. The average Bonchev–Trinajstić information content (AvgIpc) is 2.63. The molecule has 0 spiro atoms. The quantitative estimate of drug-likeness (QED) is 0.883. The van der Waals surface area contributed by atoms with Crippen LogP contribution in [0.15, 0.2) is 48.8 Å². The first-order chi connectivity index (χ1) is 11.7.